The van der Waals surface area contributed by atoms with E-state index in [1.54, 1.807) is 11.3 Å². The molecule has 9 nitrogen and oxygen atoms in total. The summed E-state index contributed by atoms with van der Waals surface area (Å²) in [6.07, 6.45) is 7.11. The highest BCUT2D eigenvalue weighted by molar-refractivity contribution is 7.15. The zero-order valence-corrected chi connectivity index (χ0v) is 22.8. The molecule has 1 aliphatic carbocycles. The molecule has 1 aliphatic heterocycles. The lowest BCUT2D eigenvalue weighted by molar-refractivity contribution is -0.141. The Morgan fingerprint density at radius 3 is 2.42 bits per heavy atom. The second-order valence-electron chi connectivity index (χ2n) is 11.0. The summed E-state index contributed by atoms with van der Waals surface area (Å²) < 4.78 is 5.50. The SMILES string of the molecule is Cc1cc(Nc2ncc(C)s2)nc(C2CCN(C(=O)C3(NC(=O)OC(C)(C)C)CCCCC3)CC2)n1. The van der Waals surface area contributed by atoms with Crippen molar-refractivity contribution in [3.63, 3.8) is 0 Å². The molecule has 2 fully saturated rings. The minimum atomic E-state index is -0.879. The van der Waals surface area contributed by atoms with E-state index in [0.717, 1.165) is 59.4 Å². The third-order valence-electron chi connectivity index (χ3n) is 6.73. The second kappa shape index (κ2) is 10.7. The molecule has 3 heterocycles. The fourth-order valence-corrected chi connectivity index (χ4v) is 5.72. The number of nitrogens with one attached hydrogen (secondary N) is 2. The number of nitrogens with zero attached hydrogens (tertiary/aromatic N) is 4. The lowest BCUT2D eigenvalue weighted by Gasteiger charge is -2.42. The number of likely N-dealkylation sites (tertiary alicyclic amines) is 1. The average Bonchev–Trinajstić information content (AvgIpc) is 3.22. The number of carbonyl (C=O) groups is 2. The van der Waals surface area contributed by atoms with Gasteiger partial charge in [-0.3, -0.25) is 4.79 Å². The third-order valence-corrected chi connectivity index (χ3v) is 7.56. The molecular weight excluding hydrogens is 476 g/mol. The molecule has 0 bridgehead atoms. The molecule has 1 saturated heterocycles. The van der Waals surface area contributed by atoms with Crippen molar-refractivity contribution in [1.29, 1.82) is 0 Å². The first-order valence-corrected chi connectivity index (χ1v) is 13.7. The number of thiazole rings is 1. The molecule has 196 valence electrons. The van der Waals surface area contributed by atoms with Gasteiger partial charge in [0.25, 0.3) is 0 Å². The zero-order valence-electron chi connectivity index (χ0n) is 22.0. The second-order valence-corrected chi connectivity index (χ2v) is 12.2. The van der Waals surface area contributed by atoms with Gasteiger partial charge < -0.3 is 20.3 Å². The Hall–Kier alpha value is -2.75. The van der Waals surface area contributed by atoms with Gasteiger partial charge in [-0.25, -0.2) is 19.7 Å². The van der Waals surface area contributed by atoms with Crippen LogP contribution in [0.15, 0.2) is 12.3 Å². The first-order valence-electron chi connectivity index (χ1n) is 12.9. The maximum atomic E-state index is 13.7. The van der Waals surface area contributed by atoms with Gasteiger partial charge in [-0.2, -0.15) is 0 Å². The number of rotatable bonds is 5. The van der Waals surface area contributed by atoms with E-state index in [1.807, 2.05) is 51.8 Å². The highest BCUT2D eigenvalue weighted by atomic mass is 32.1. The van der Waals surface area contributed by atoms with Crippen LogP contribution in [-0.4, -0.2) is 56.1 Å². The minimum Gasteiger partial charge on any atom is -0.444 e. The van der Waals surface area contributed by atoms with Crippen molar-refractivity contribution in [2.75, 3.05) is 18.4 Å². The van der Waals surface area contributed by atoms with Gasteiger partial charge in [0.2, 0.25) is 5.91 Å². The van der Waals surface area contributed by atoms with Crippen LogP contribution in [0.25, 0.3) is 0 Å². The van der Waals surface area contributed by atoms with Crippen LogP contribution in [-0.2, 0) is 9.53 Å². The molecule has 2 aliphatic rings. The quantitative estimate of drug-likeness (QED) is 0.562. The molecule has 10 heteroatoms. The van der Waals surface area contributed by atoms with E-state index < -0.39 is 17.2 Å². The molecule has 36 heavy (non-hydrogen) atoms. The summed E-state index contributed by atoms with van der Waals surface area (Å²) in [6.45, 7) is 10.7. The number of carbonyl (C=O) groups excluding carboxylic acids is 2. The number of ether oxygens (including phenoxy) is 1. The molecule has 2 aromatic rings. The maximum Gasteiger partial charge on any atom is 0.408 e. The van der Waals surface area contributed by atoms with Crippen molar-refractivity contribution < 1.29 is 14.3 Å². The molecule has 2 amide bonds. The normalized spacial score (nSPS) is 18.5. The summed E-state index contributed by atoms with van der Waals surface area (Å²) in [6, 6.07) is 1.92. The average molecular weight is 515 g/mol. The van der Waals surface area contributed by atoms with E-state index in [4.69, 9.17) is 14.7 Å². The van der Waals surface area contributed by atoms with E-state index in [2.05, 4.69) is 15.6 Å². The van der Waals surface area contributed by atoms with Gasteiger partial charge in [0.05, 0.1) is 0 Å². The number of hydrogen-bond acceptors (Lipinski definition) is 8. The van der Waals surface area contributed by atoms with Gasteiger partial charge in [0.15, 0.2) is 5.13 Å². The minimum absolute atomic E-state index is 0.0122. The Morgan fingerprint density at radius 2 is 1.81 bits per heavy atom. The van der Waals surface area contributed by atoms with Gasteiger partial charge in [-0.05, 0) is 60.3 Å². The molecule has 0 aromatic carbocycles. The molecule has 4 rings (SSSR count). The highest BCUT2D eigenvalue weighted by Gasteiger charge is 2.45. The topological polar surface area (TPSA) is 109 Å². The zero-order chi connectivity index (χ0) is 25.9. The van der Waals surface area contributed by atoms with E-state index >= 15 is 0 Å². The van der Waals surface area contributed by atoms with Crippen molar-refractivity contribution in [2.45, 2.75) is 96.6 Å². The van der Waals surface area contributed by atoms with Crippen LogP contribution in [0.4, 0.5) is 15.7 Å². The summed E-state index contributed by atoms with van der Waals surface area (Å²) in [5.74, 6) is 1.73. The predicted octanol–water partition coefficient (Wildman–Crippen LogP) is 5.23. The van der Waals surface area contributed by atoms with Crippen molar-refractivity contribution in [2.24, 2.45) is 0 Å². The largest absolute Gasteiger partial charge is 0.444 e. The lowest BCUT2D eigenvalue weighted by Crippen LogP contribution is -2.62. The Morgan fingerprint density at radius 1 is 1.11 bits per heavy atom. The Labute approximate surface area is 217 Å². The number of anilines is 2. The third kappa shape index (κ3) is 6.52. The van der Waals surface area contributed by atoms with Crippen LogP contribution in [0.3, 0.4) is 0 Å². The van der Waals surface area contributed by atoms with Gasteiger partial charge >= 0.3 is 6.09 Å². The number of piperidine rings is 1. The van der Waals surface area contributed by atoms with E-state index in [1.165, 1.54) is 0 Å². The van der Waals surface area contributed by atoms with E-state index in [0.29, 0.717) is 25.9 Å². The van der Waals surface area contributed by atoms with Gasteiger partial charge in [-0.1, -0.05) is 19.3 Å². The molecule has 0 unspecified atom stereocenters. The van der Waals surface area contributed by atoms with E-state index in [-0.39, 0.29) is 11.8 Å². The van der Waals surface area contributed by atoms with Crippen molar-refractivity contribution in [3.8, 4) is 0 Å². The number of amides is 2. The molecule has 2 aromatic heterocycles. The summed E-state index contributed by atoms with van der Waals surface area (Å²) in [7, 11) is 0. The predicted molar refractivity (Wildman–Crippen MR) is 141 cm³/mol. The molecule has 0 atom stereocenters. The molecule has 2 N–H and O–H groups in total. The molecular formula is C26H38N6O3S. The van der Waals surface area contributed by atoms with Crippen LogP contribution < -0.4 is 10.6 Å². The Kier molecular flexibility index (Phi) is 7.82. The van der Waals surface area contributed by atoms with Crippen molar-refractivity contribution >= 4 is 34.3 Å². The first kappa shape index (κ1) is 26.3. The summed E-state index contributed by atoms with van der Waals surface area (Å²) in [5, 5.41) is 7.08. The maximum absolute atomic E-state index is 13.7. The number of aromatic nitrogens is 3. The number of alkyl carbamates (subject to hydrolysis) is 1. The smallest absolute Gasteiger partial charge is 0.408 e. The van der Waals surface area contributed by atoms with Crippen LogP contribution in [0.1, 0.15) is 88.0 Å². The Bertz CT molecular complexity index is 1080. The van der Waals surface area contributed by atoms with Gasteiger partial charge in [-0.15, -0.1) is 11.3 Å². The summed E-state index contributed by atoms with van der Waals surface area (Å²) >= 11 is 1.59. The van der Waals surface area contributed by atoms with Gasteiger partial charge in [0.1, 0.15) is 22.8 Å². The van der Waals surface area contributed by atoms with Gasteiger partial charge in [0, 0.05) is 41.8 Å². The Balaban J connectivity index is 1.42. The molecule has 0 radical (unpaired) electrons. The molecule has 0 spiro atoms. The van der Waals surface area contributed by atoms with Crippen molar-refractivity contribution in [1.82, 2.24) is 25.2 Å². The van der Waals surface area contributed by atoms with Crippen LogP contribution in [0.5, 0.6) is 0 Å². The van der Waals surface area contributed by atoms with Crippen LogP contribution >= 0.6 is 11.3 Å². The fourth-order valence-electron chi connectivity index (χ4n) is 5.05. The lowest BCUT2D eigenvalue weighted by atomic mass is 9.80. The summed E-state index contributed by atoms with van der Waals surface area (Å²) in [4.78, 5) is 43.3. The standard InChI is InChI=1S/C26H38N6O3S/c1-17-15-20(30-23-27-16-18(2)36-23)29-21(28-17)19-9-13-32(14-10-19)22(33)26(11-7-6-8-12-26)31-24(34)35-25(3,4)5/h15-16,19H,6-14H2,1-5H3,(H,31,34)(H,27,28,29,30). The molecule has 1 saturated carbocycles. The first-order chi connectivity index (χ1) is 17.0. The highest BCUT2D eigenvalue weighted by Crippen LogP contribution is 2.34. The van der Waals surface area contributed by atoms with Crippen molar-refractivity contribution in [3.05, 3.63) is 28.7 Å². The van der Waals surface area contributed by atoms with Crippen LogP contribution in [0, 0.1) is 13.8 Å². The van der Waals surface area contributed by atoms with Crippen LogP contribution in [0.2, 0.25) is 0 Å². The number of hydrogen-bond donors (Lipinski definition) is 2. The number of aryl methyl sites for hydroxylation is 2. The monoisotopic (exact) mass is 514 g/mol. The van der Waals surface area contributed by atoms with E-state index in [9.17, 15) is 9.59 Å². The summed E-state index contributed by atoms with van der Waals surface area (Å²) in [5.41, 5.74) is -0.589. The fraction of sp³-hybridized carbons (Fsp3) is 0.654.